The number of piperidine rings is 1. The van der Waals surface area contributed by atoms with Crippen molar-refractivity contribution in [1.82, 2.24) is 14.7 Å². The average Bonchev–Trinajstić information content (AvgIpc) is 3.00. The predicted octanol–water partition coefficient (Wildman–Crippen LogP) is 3.06. The highest BCUT2D eigenvalue weighted by Crippen LogP contribution is 2.25. The molecule has 7 nitrogen and oxygen atoms in total. The molecule has 0 bridgehead atoms. The summed E-state index contributed by atoms with van der Waals surface area (Å²) in [5, 5.41) is 16.6. The zero-order valence-electron chi connectivity index (χ0n) is 15.3. The molecule has 0 saturated carbocycles. The van der Waals surface area contributed by atoms with Crippen LogP contribution in [0.1, 0.15) is 24.5 Å². The number of amides is 2. The highest BCUT2D eigenvalue weighted by Gasteiger charge is 2.32. The molecule has 2 heterocycles. The van der Waals surface area contributed by atoms with Crippen LogP contribution in [0.2, 0.25) is 0 Å². The number of urea groups is 1. The number of nitrogens with one attached hydrogen (secondary N) is 1. The predicted molar refractivity (Wildman–Crippen MR) is 98.5 cm³/mol. The minimum Gasteiger partial charge on any atom is -0.481 e. The summed E-state index contributed by atoms with van der Waals surface area (Å²) in [6.07, 6.45) is 4.25. The highest BCUT2D eigenvalue weighted by atomic mass is 16.4. The van der Waals surface area contributed by atoms with E-state index in [0.717, 1.165) is 16.8 Å². The van der Waals surface area contributed by atoms with Gasteiger partial charge in [0.05, 0.1) is 23.5 Å². The monoisotopic (exact) mass is 356 g/mol. The van der Waals surface area contributed by atoms with Gasteiger partial charge in [0, 0.05) is 19.3 Å². The van der Waals surface area contributed by atoms with E-state index in [4.69, 9.17) is 0 Å². The van der Waals surface area contributed by atoms with E-state index in [1.165, 1.54) is 0 Å². The van der Waals surface area contributed by atoms with E-state index in [0.29, 0.717) is 18.7 Å². The van der Waals surface area contributed by atoms with Crippen LogP contribution in [-0.2, 0) is 4.79 Å². The number of rotatable bonds is 3. The van der Waals surface area contributed by atoms with Gasteiger partial charge in [-0.3, -0.25) is 4.79 Å². The van der Waals surface area contributed by atoms with E-state index in [9.17, 15) is 14.7 Å². The van der Waals surface area contributed by atoms with Crippen LogP contribution in [0, 0.1) is 25.7 Å². The normalized spacial score (nSPS) is 20.0. The SMILES string of the molecule is Cc1ccc(-n2cc(C)cn2)c(NC(=O)N2CC(C)CC(C(=O)O)C2)c1. The molecule has 0 spiro atoms. The third-order valence-electron chi connectivity index (χ3n) is 4.65. The minimum atomic E-state index is -0.849. The molecule has 0 radical (unpaired) electrons. The number of carboxylic acid groups (broad SMARTS) is 1. The van der Waals surface area contributed by atoms with Crippen LogP contribution in [0.25, 0.3) is 5.69 Å². The quantitative estimate of drug-likeness (QED) is 0.885. The fourth-order valence-electron chi connectivity index (χ4n) is 3.38. The second-order valence-corrected chi connectivity index (χ2v) is 7.19. The van der Waals surface area contributed by atoms with Crippen LogP contribution in [0.4, 0.5) is 10.5 Å². The van der Waals surface area contributed by atoms with Gasteiger partial charge < -0.3 is 15.3 Å². The first-order valence-corrected chi connectivity index (χ1v) is 8.74. The maximum absolute atomic E-state index is 12.8. The van der Waals surface area contributed by atoms with Gasteiger partial charge in [-0.2, -0.15) is 5.10 Å². The first-order chi connectivity index (χ1) is 12.3. The summed E-state index contributed by atoms with van der Waals surface area (Å²) in [4.78, 5) is 25.7. The van der Waals surface area contributed by atoms with Crippen LogP contribution in [-0.4, -0.2) is 44.9 Å². The Kier molecular flexibility index (Phi) is 4.97. The summed E-state index contributed by atoms with van der Waals surface area (Å²) in [5.41, 5.74) is 3.47. The molecular formula is C19H24N4O3. The zero-order chi connectivity index (χ0) is 18.8. The molecule has 7 heteroatoms. The van der Waals surface area contributed by atoms with Gasteiger partial charge in [0.15, 0.2) is 0 Å². The first kappa shape index (κ1) is 18.0. The smallest absolute Gasteiger partial charge is 0.321 e. The molecule has 2 N–H and O–H groups in total. The molecule has 26 heavy (non-hydrogen) atoms. The molecule has 2 amide bonds. The van der Waals surface area contributed by atoms with Gasteiger partial charge in [0.1, 0.15) is 0 Å². The number of nitrogens with zero attached hydrogens (tertiary/aromatic N) is 3. The lowest BCUT2D eigenvalue weighted by atomic mass is 9.91. The summed E-state index contributed by atoms with van der Waals surface area (Å²) < 4.78 is 1.73. The van der Waals surface area contributed by atoms with Crippen molar-refractivity contribution in [3.05, 3.63) is 41.7 Å². The molecule has 1 saturated heterocycles. The van der Waals surface area contributed by atoms with Gasteiger partial charge in [-0.1, -0.05) is 13.0 Å². The molecule has 1 aliphatic rings. The van der Waals surface area contributed by atoms with Crippen molar-refractivity contribution in [1.29, 1.82) is 0 Å². The number of aryl methyl sites for hydroxylation is 2. The Morgan fingerprint density at radius 1 is 1.23 bits per heavy atom. The third-order valence-corrected chi connectivity index (χ3v) is 4.65. The van der Waals surface area contributed by atoms with Gasteiger partial charge in [-0.15, -0.1) is 0 Å². The van der Waals surface area contributed by atoms with Crippen molar-refractivity contribution < 1.29 is 14.7 Å². The van der Waals surface area contributed by atoms with E-state index < -0.39 is 11.9 Å². The van der Waals surface area contributed by atoms with E-state index in [-0.39, 0.29) is 18.5 Å². The number of hydrogen-bond donors (Lipinski definition) is 2. The standard InChI is InChI=1S/C19H24N4O3/c1-12-4-5-17(23-10-14(3)8-20-23)16(7-12)21-19(26)22-9-13(2)6-15(11-22)18(24)25/h4-5,7-8,10,13,15H,6,9,11H2,1-3H3,(H,21,26)(H,24,25). The lowest BCUT2D eigenvalue weighted by molar-refractivity contribution is -0.143. The topological polar surface area (TPSA) is 87.5 Å². The fourth-order valence-corrected chi connectivity index (χ4v) is 3.38. The van der Waals surface area contributed by atoms with Crippen LogP contribution in [0.3, 0.4) is 0 Å². The van der Waals surface area contributed by atoms with E-state index in [1.54, 1.807) is 15.8 Å². The second kappa shape index (κ2) is 7.19. The van der Waals surface area contributed by atoms with Crippen LogP contribution in [0.5, 0.6) is 0 Å². The molecule has 2 aromatic rings. The van der Waals surface area contributed by atoms with Crippen molar-refractivity contribution in [2.24, 2.45) is 11.8 Å². The minimum absolute atomic E-state index is 0.154. The van der Waals surface area contributed by atoms with Crippen molar-refractivity contribution >= 4 is 17.7 Å². The van der Waals surface area contributed by atoms with Gasteiger partial charge in [0.25, 0.3) is 0 Å². The number of anilines is 1. The second-order valence-electron chi connectivity index (χ2n) is 7.19. The van der Waals surface area contributed by atoms with Gasteiger partial charge in [-0.25, -0.2) is 9.48 Å². The van der Waals surface area contributed by atoms with Crippen molar-refractivity contribution in [3.8, 4) is 5.69 Å². The number of hydrogen-bond acceptors (Lipinski definition) is 3. The summed E-state index contributed by atoms with van der Waals surface area (Å²) in [5.74, 6) is -1.21. The third kappa shape index (κ3) is 3.87. The molecular weight excluding hydrogens is 332 g/mol. The number of likely N-dealkylation sites (tertiary alicyclic amines) is 1. The molecule has 1 fully saturated rings. The molecule has 2 unspecified atom stereocenters. The molecule has 1 aromatic carbocycles. The highest BCUT2D eigenvalue weighted by molar-refractivity contribution is 5.92. The fraction of sp³-hybridized carbons (Fsp3) is 0.421. The average molecular weight is 356 g/mol. The van der Waals surface area contributed by atoms with Crippen molar-refractivity contribution in [2.75, 3.05) is 18.4 Å². The summed E-state index contributed by atoms with van der Waals surface area (Å²) in [6.45, 7) is 6.67. The first-order valence-electron chi connectivity index (χ1n) is 8.74. The Bertz CT molecular complexity index is 830. The Hall–Kier alpha value is -2.83. The molecule has 0 aliphatic carbocycles. The molecule has 138 valence electrons. The summed E-state index contributed by atoms with van der Waals surface area (Å²) in [6, 6.07) is 5.49. The lowest BCUT2D eigenvalue weighted by Crippen LogP contribution is -2.47. The maximum Gasteiger partial charge on any atom is 0.321 e. The number of carbonyl (C=O) groups is 2. The largest absolute Gasteiger partial charge is 0.481 e. The van der Waals surface area contributed by atoms with Crippen LogP contribution < -0.4 is 5.32 Å². The molecule has 2 atom stereocenters. The van der Waals surface area contributed by atoms with Gasteiger partial charge >= 0.3 is 12.0 Å². The van der Waals surface area contributed by atoms with Crippen LogP contribution in [0.15, 0.2) is 30.6 Å². The van der Waals surface area contributed by atoms with Crippen molar-refractivity contribution in [3.63, 3.8) is 0 Å². The molecule has 1 aliphatic heterocycles. The Morgan fingerprint density at radius 3 is 2.65 bits per heavy atom. The van der Waals surface area contributed by atoms with E-state index >= 15 is 0 Å². The number of aliphatic carboxylic acids is 1. The van der Waals surface area contributed by atoms with E-state index in [1.807, 2.05) is 45.2 Å². The maximum atomic E-state index is 12.8. The number of aromatic nitrogens is 2. The molecule has 1 aromatic heterocycles. The Morgan fingerprint density at radius 2 is 2.00 bits per heavy atom. The van der Waals surface area contributed by atoms with E-state index in [2.05, 4.69) is 10.4 Å². The molecule has 3 rings (SSSR count). The Balaban J connectivity index is 1.83. The zero-order valence-corrected chi connectivity index (χ0v) is 15.3. The number of carboxylic acids is 1. The van der Waals surface area contributed by atoms with Gasteiger partial charge in [0.2, 0.25) is 0 Å². The van der Waals surface area contributed by atoms with Gasteiger partial charge in [-0.05, 0) is 49.4 Å². The lowest BCUT2D eigenvalue weighted by Gasteiger charge is -2.34. The summed E-state index contributed by atoms with van der Waals surface area (Å²) in [7, 11) is 0. The Labute approximate surface area is 152 Å². The number of carbonyl (C=O) groups excluding carboxylic acids is 1. The van der Waals surface area contributed by atoms with Crippen molar-refractivity contribution in [2.45, 2.75) is 27.2 Å². The van der Waals surface area contributed by atoms with Crippen LogP contribution >= 0.6 is 0 Å². The number of benzene rings is 1. The summed E-state index contributed by atoms with van der Waals surface area (Å²) >= 11 is 0.